The molecule has 6 heteroatoms. The van der Waals surface area contributed by atoms with Gasteiger partial charge in [-0.2, -0.15) is 5.10 Å². The molecule has 3 N–H and O–H groups in total. The van der Waals surface area contributed by atoms with Crippen LogP contribution in [-0.2, 0) is 4.79 Å². The van der Waals surface area contributed by atoms with Gasteiger partial charge in [-0.15, -0.1) is 0 Å². The van der Waals surface area contributed by atoms with Crippen LogP contribution in [0.1, 0.15) is 12.5 Å². The van der Waals surface area contributed by atoms with Crippen molar-refractivity contribution in [2.24, 2.45) is 5.10 Å². The number of amides is 1. The van der Waals surface area contributed by atoms with E-state index in [9.17, 15) is 4.79 Å². The van der Waals surface area contributed by atoms with Crippen molar-refractivity contribution < 1.29 is 9.53 Å². The second-order valence-corrected chi connectivity index (χ2v) is 5.59. The average molecular weight is 336 g/mol. The summed E-state index contributed by atoms with van der Waals surface area (Å²) in [5, 5.41) is 8.23. The van der Waals surface area contributed by atoms with Crippen molar-refractivity contribution in [3.05, 3.63) is 60.3 Å². The lowest BCUT2D eigenvalue weighted by Crippen LogP contribution is -2.35. The number of aromatic nitrogens is 1. The Morgan fingerprint density at radius 1 is 1.20 bits per heavy atom. The van der Waals surface area contributed by atoms with Crippen LogP contribution in [0, 0.1) is 0 Å². The van der Waals surface area contributed by atoms with Gasteiger partial charge < -0.3 is 15.0 Å². The SMILES string of the molecule is COc1ccccc1NC(C)C(=O)NN=Cc1c[nH]c2ccccc12. The number of methoxy groups -OCH3 is 1. The Hall–Kier alpha value is -3.28. The Bertz CT molecular complexity index is 901. The van der Waals surface area contributed by atoms with E-state index in [1.807, 2.05) is 54.7 Å². The largest absolute Gasteiger partial charge is 0.495 e. The molecule has 1 unspecified atom stereocenters. The number of carbonyl (C=O) groups excluding carboxylic acids is 1. The molecule has 1 amide bonds. The van der Waals surface area contributed by atoms with Crippen molar-refractivity contribution in [1.29, 1.82) is 0 Å². The summed E-state index contributed by atoms with van der Waals surface area (Å²) < 4.78 is 5.27. The number of benzene rings is 2. The lowest BCUT2D eigenvalue weighted by molar-refractivity contribution is -0.121. The molecule has 128 valence electrons. The summed E-state index contributed by atoms with van der Waals surface area (Å²) in [5.74, 6) is 0.450. The molecule has 3 aromatic rings. The average Bonchev–Trinajstić information content (AvgIpc) is 3.05. The van der Waals surface area contributed by atoms with Crippen molar-refractivity contribution in [2.75, 3.05) is 12.4 Å². The molecule has 1 aromatic heterocycles. The zero-order chi connectivity index (χ0) is 17.6. The fraction of sp³-hybridized carbons (Fsp3) is 0.158. The van der Waals surface area contributed by atoms with Gasteiger partial charge in [-0.1, -0.05) is 30.3 Å². The minimum Gasteiger partial charge on any atom is -0.495 e. The molecule has 0 aliphatic heterocycles. The molecule has 6 nitrogen and oxygen atoms in total. The predicted molar refractivity (Wildman–Crippen MR) is 100 cm³/mol. The van der Waals surface area contributed by atoms with Gasteiger partial charge in [0.1, 0.15) is 11.8 Å². The van der Waals surface area contributed by atoms with Gasteiger partial charge in [0, 0.05) is 22.7 Å². The first-order valence-electron chi connectivity index (χ1n) is 7.97. The van der Waals surface area contributed by atoms with Gasteiger partial charge in [0.15, 0.2) is 0 Å². The number of nitrogens with zero attached hydrogens (tertiary/aromatic N) is 1. The van der Waals surface area contributed by atoms with Gasteiger partial charge in [0.25, 0.3) is 5.91 Å². The highest BCUT2D eigenvalue weighted by atomic mass is 16.5. The highest BCUT2D eigenvalue weighted by Gasteiger charge is 2.13. The minimum atomic E-state index is -0.462. The molecular formula is C19H20N4O2. The topological polar surface area (TPSA) is 78.5 Å². The van der Waals surface area contributed by atoms with Gasteiger partial charge in [0.05, 0.1) is 19.0 Å². The van der Waals surface area contributed by atoms with Crippen LogP contribution in [0.5, 0.6) is 5.75 Å². The molecule has 25 heavy (non-hydrogen) atoms. The lowest BCUT2D eigenvalue weighted by atomic mass is 10.2. The smallest absolute Gasteiger partial charge is 0.262 e. The molecule has 0 fully saturated rings. The maximum atomic E-state index is 12.2. The van der Waals surface area contributed by atoms with Crippen molar-refractivity contribution >= 4 is 28.7 Å². The number of H-pyrrole nitrogens is 1. The molecule has 0 radical (unpaired) electrons. The Labute approximate surface area is 145 Å². The fourth-order valence-electron chi connectivity index (χ4n) is 2.53. The number of ether oxygens (including phenoxy) is 1. The Kier molecular flexibility index (Phi) is 4.99. The molecule has 0 spiro atoms. The molecule has 1 heterocycles. The van der Waals surface area contributed by atoms with E-state index in [1.54, 1.807) is 20.2 Å². The number of rotatable bonds is 6. The highest BCUT2D eigenvalue weighted by Crippen LogP contribution is 2.23. The summed E-state index contributed by atoms with van der Waals surface area (Å²) in [6.07, 6.45) is 3.49. The summed E-state index contributed by atoms with van der Waals surface area (Å²) >= 11 is 0. The maximum absolute atomic E-state index is 12.2. The number of carbonyl (C=O) groups is 1. The predicted octanol–water partition coefficient (Wildman–Crippen LogP) is 3.13. The number of nitrogens with one attached hydrogen (secondary N) is 3. The van der Waals surface area contributed by atoms with Gasteiger partial charge in [-0.05, 0) is 25.1 Å². The zero-order valence-corrected chi connectivity index (χ0v) is 14.1. The first-order valence-corrected chi connectivity index (χ1v) is 7.97. The third-order valence-corrected chi connectivity index (χ3v) is 3.87. The quantitative estimate of drug-likeness (QED) is 0.478. The van der Waals surface area contributed by atoms with Crippen molar-refractivity contribution in [3.63, 3.8) is 0 Å². The Balaban J connectivity index is 1.62. The van der Waals surface area contributed by atoms with Crippen LogP contribution in [0.15, 0.2) is 59.8 Å². The number of hydrogen-bond donors (Lipinski definition) is 3. The van der Waals surface area contributed by atoms with Gasteiger partial charge in [-0.3, -0.25) is 4.79 Å². The number of hydrazone groups is 1. The lowest BCUT2D eigenvalue weighted by Gasteiger charge is -2.15. The summed E-state index contributed by atoms with van der Waals surface area (Å²) in [6, 6.07) is 14.9. The summed E-state index contributed by atoms with van der Waals surface area (Å²) in [4.78, 5) is 15.4. The van der Waals surface area contributed by atoms with Gasteiger partial charge in [0.2, 0.25) is 0 Å². The second-order valence-electron chi connectivity index (χ2n) is 5.59. The highest BCUT2D eigenvalue weighted by molar-refractivity contribution is 5.99. The number of hydrogen-bond acceptors (Lipinski definition) is 4. The molecule has 1 atom stereocenters. The standard InChI is InChI=1S/C19H20N4O2/c1-13(22-17-9-5-6-10-18(17)25-2)19(24)23-21-12-14-11-20-16-8-4-3-7-15(14)16/h3-13,20,22H,1-2H3,(H,23,24). The van der Waals surface area contributed by atoms with Crippen LogP contribution < -0.4 is 15.5 Å². The van der Waals surface area contributed by atoms with Gasteiger partial charge >= 0.3 is 0 Å². The molecule has 3 rings (SSSR count). The Morgan fingerprint density at radius 2 is 1.96 bits per heavy atom. The van der Waals surface area contributed by atoms with Crippen molar-refractivity contribution in [2.45, 2.75) is 13.0 Å². The van der Waals surface area contributed by atoms with E-state index >= 15 is 0 Å². The van der Waals surface area contributed by atoms with E-state index < -0.39 is 6.04 Å². The third kappa shape index (κ3) is 3.80. The normalized spacial score (nSPS) is 12.2. The van der Waals surface area contributed by atoms with Crippen LogP contribution in [-0.4, -0.2) is 30.3 Å². The van der Waals surface area contributed by atoms with E-state index in [1.165, 1.54) is 0 Å². The van der Waals surface area contributed by atoms with Crippen LogP contribution in [0.3, 0.4) is 0 Å². The van der Waals surface area contributed by atoms with E-state index in [0.717, 1.165) is 22.2 Å². The summed E-state index contributed by atoms with van der Waals surface area (Å²) in [6.45, 7) is 1.77. The van der Waals surface area contributed by atoms with E-state index in [0.29, 0.717) is 5.75 Å². The summed E-state index contributed by atoms with van der Waals surface area (Å²) in [5.41, 5.74) is 5.26. The number of para-hydroxylation sites is 3. The molecule has 0 saturated heterocycles. The zero-order valence-electron chi connectivity index (χ0n) is 14.1. The molecular weight excluding hydrogens is 316 g/mol. The molecule has 2 aromatic carbocycles. The summed E-state index contributed by atoms with van der Waals surface area (Å²) in [7, 11) is 1.59. The fourth-order valence-corrected chi connectivity index (χ4v) is 2.53. The molecule has 0 bridgehead atoms. The molecule has 0 saturated carbocycles. The van der Waals surface area contributed by atoms with Crippen molar-refractivity contribution in [3.8, 4) is 5.75 Å². The third-order valence-electron chi connectivity index (χ3n) is 3.87. The molecule has 0 aliphatic rings. The monoisotopic (exact) mass is 336 g/mol. The first-order chi connectivity index (χ1) is 12.2. The van der Waals surface area contributed by atoms with Crippen LogP contribution in [0.4, 0.5) is 5.69 Å². The van der Waals surface area contributed by atoms with E-state index in [4.69, 9.17) is 4.74 Å². The first kappa shape index (κ1) is 16.6. The Morgan fingerprint density at radius 3 is 2.80 bits per heavy atom. The maximum Gasteiger partial charge on any atom is 0.262 e. The van der Waals surface area contributed by atoms with E-state index in [2.05, 4.69) is 20.8 Å². The molecule has 0 aliphatic carbocycles. The van der Waals surface area contributed by atoms with Crippen molar-refractivity contribution in [1.82, 2.24) is 10.4 Å². The van der Waals surface area contributed by atoms with Gasteiger partial charge in [-0.25, -0.2) is 5.43 Å². The van der Waals surface area contributed by atoms with Crippen LogP contribution >= 0.6 is 0 Å². The van der Waals surface area contributed by atoms with Crippen LogP contribution in [0.25, 0.3) is 10.9 Å². The minimum absolute atomic E-state index is 0.234. The number of fused-ring (bicyclic) bond motifs is 1. The second kappa shape index (κ2) is 7.53. The van der Waals surface area contributed by atoms with Crippen LogP contribution in [0.2, 0.25) is 0 Å². The number of anilines is 1. The number of aromatic amines is 1. The van der Waals surface area contributed by atoms with E-state index in [-0.39, 0.29) is 5.91 Å².